The van der Waals surface area contributed by atoms with Crippen LogP contribution >= 0.6 is 0 Å². The summed E-state index contributed by atoms with van der Waals surface area (Å²) in [5.41, 5.74) is -4.02. The third-order valence-corrected chi connectivity index (χ3v) is 2.78. The SMILES string of the molecule is CC(C)Oc1c(C(=O)O)c(C(C)C)nc(C(F)(F)F)c1C(=O)O. The van der Waals surface area contributed by atoms with Crippen LogP contribution in [-0.2, 0) is 6.18 Å². The second kappa shape index (κ2) is 6.43. The fraction of sp³-hybridized carbons (Fsp3) is 0.500. The van der Waals surface area contributed by atoms with Crippen molar-refractivity contribution in [2.24, 2.45) is 0 Å². The van der Waals surface area contributed by atoms with Crippen molar-refractivity contribution in [2.45, 2.75) is 45.9 Å². The Hall–Kier alpha value is -2.32. The Balaban J connectivity index is 4.00. The van der Waals surface area contributed by atoms with Crippen LogP contribution in [0, 0.1) is 0 Å². The number of pyridine rings is 1. The average Bonchev–Trinajstić information content (AvgIpc) is 2.34. The van der Waals surface area contributed by atoms with E-state index in [1.54, 1.807) is 0 Å². The normalized spacial score (nSPS) is 11.9. The fourth-order valence-corrected chi connectivity index (χ4v) is 1.96. The molecule has 0 radical (unpaired) electrons. The first-order valence-corrected chi connectivity index (χ1v) is 6.66. The maximum atomic E-state index is 13.2. The zero-order chi connectivity index (χ0) is 18.1. The predicted octanol–water partition coefficient (Wildman–Crippen LogP) is 3.41. The largest absolute Gasteiger partial charge is 0.489 e. The van der Waals surface area contributed by atoms with Crippen LogP contribution in [0.4, 0.5) is 13.2 Å². The number of carboxylic acid groups (broad SMARTS) is 2. The molecule has 0 spiro atoms. The van der Waals surface area contributed by atoms with Crippen molar-refractivity contribution < 1.29 is 37.7 Å². The quantitative estimate of drug-likeness (QED) is 0.856. The maximum absolute atomic E-state index is 13.2. The van der Waals surface area contributed by atoms with Crippen molar-refractivity contribution in [3.63, 3.8) is 0 Å². The van der Waals surface area contributed by atoms with Gasteiger partial charge in [0.2, 0.25) is 0 Å². The Labute approximate surface area is 129 Å². The summed E-state index contributed by atoms with van der Waals surface area (Å²) in [7, 11) is 0. The van der Waals surface area contributed by atoms with E-state index < -0.39 is 52.7 Å². The highest BCUT2D eigenvalue weighted by Gasteiger charge is 2.42. The first-order chi connectivity index (χ1) is 10.4. The molecule has 0 atom stereocenters. The molecule has 1 aromatic heterocycles. The number of aromatic carboxylic acids is 2. The zero-order valence-electron chi connectivity index (χ0n) is 12.9. The van der Waals surface area contributed by atoms with E-state index in [4.69, 9.17) is 9.84 Å². The Morgan fingerprint density at radius 3 is 1.83 bits per heavy atom. The van der Waals surface area contributed by atoms with Gasteiger partial charge in [-0.15, -0.1) is 0 Å². The number of aromatic nitrogens is 1. The molecule has 0 aromatic carbocycles. The minimum atomic E-state index is -5.07. The van der Waals surface area contributed by atoms with Gasteiger partial charge in [0, 0.05) is 0 Å². The van der Waals surface area contributed by atoms with Crippen molar-refractivity contribution in [3.8, 4) is 5.75 Å². The van der Waals surface area contributed by atoms with Gasteiger partial charge in [-0.1, -0.05) is 13.8 Å². The van der Waals surface area contributed by atoms with Crippen molar-refractivity contribution in [2.75, 3.05) is 0 Å². The Morgan fingerprint density at radius 2 is 1.52 bits per heavy atom. The number of hydrogen-bond donors (Lipinski definition) is 2. The number of hydrogen-bond acceptors (Lipinski definition) is 4. The van der Waals surface area contributed by atoms with Gasteiger partial charge < -0.3 is 14.9 Å². The van der Waals surface area contributed by atoms with E-state index in [0.717, 1.165) is 0 Å². The number of rotatable bonds is 5. The number of ether oxygens (including phenoxy) is 1. The molecule has 0 aliphatic carbocycles. The molecule has 0 fully saturated rings. The zero-order valence-corrected chi connectivity index (χ0v) is 12.9. The van der Waals surface area contributed by atoms with Gasteiger partial charge in [-0.3, -0.25) is 0 Å². The monoisotopic (exact) mass is 335 g/mol. The van der Waals surface area contributed by atoms with Crippen LogP contribution in [0.1, 0.15) is 65.7 Å². The van der Waals surface area contributed by atoms with Gasteiger partial charge >= 0.3 is 18.1 Å². The summed E-state index contributed by atoms with van der Waals surface area (Å²) in [5.74, 6) is -5.07. The van der Waals surface area contributed by atoms with Crippen LogP contribution in [0.15, 0.2) is 0 Å². The van der Waals surface area contributed by atoms with Gasteiger partial charge in [-0.25, -0.2) is 14.6 Å². The molecule has 23 heavy (non-hydrogen) atoms. The first-order valence-electron chi connectivity index (χ1n) is 6.66. The Bertz CT molecular complexity index is 638. The first kappa shape index (κ1) is 18.7. The molecular weight excluding hydrogens is 319 g/mol. The molecule has 0 saturated carbocycles. The lowest BCUT2D eigenvalue weighted by Gasteiger charge is -2.21. The summed E-state index contributed by atoms with van der Waals surface area (Å²) >= 11 is 0. The molecule has 0 bridgehead atoms. The van der Waals surface area contributed by atoms with E-state index in [1.807, 2.05) is 0 Å². The number of nitrogens with zero attached hydrogens (tertiary/aromatic N) is 1. The van der Waals surface area contributed by atoms with Crippen molar-refractivity contribution in [1.82, 2.24) is 4.98 Å². The summed E-state index contributed by atoms with van der Waals surface area (Å²) in [6, 6.07) is 0. The summed E-state index contributed by atoms with van der Waals surface area (Å²) in [5, 5.41) is 18.5. The van der Waals surface area contributed by atoms with Crippen LogP contribution in [0.5, 0.6) is 5.75 Å². The van der Waals surface area contributed by atoms with Crippen LogP contribution in [0.2, 0.25) is 0 Å². The van der Waals surface area contributed by atoms with Gasteiger partial charge in [0.15, 0.2) is 11.4 Å². The Kier molecular flexibility index (Phi) is 5.24. The molecule has 6 nitrogen and oxygen atoms in total. The second-order valence-corrected chi connectivity index (χ2v) is 5.35. The third kappa shape index (κ3) is 3.91. The number of carbonyl (C=O) groups is 2. The summed E-state index contributed by atoms with van der Waals surface area (Å²) < 4.78 is 44.6. The highest BCUT2D eigenvalue weighted by atomic mass is 19.4. The molecule has 9 heteroatoms. The standard InChI is InChI=1S/C14H16F3NO5/c1-5(2)9-7(12(19)20)10(23-6(3)4)8(13(21)22)11(18-9)14(15,16)17/h5-6H,1-4H3,(H,19,20)(H,21,22). The smallest absolute Gasteiger partial charge is 0.434 e. The molecule has 0 saturated heterocycles. The van der Waals surface area contributed by atoms with Crippen molar-refractivity contribution in [3.05, 3.63) is 22.5 Å². The molecule has 128 valence electrons. The molecule has 1 heterocycles. The van der Waals surface area contributed by atoms with Crippen LogP contribution in [-0.4, -0.2) is 33.2 Å². The molecule has 0 amide bonds. The van der Waals surface area contributed by atoms with Crippen molar-refractivity contribution in [1.29, 1.82) is 0 Å². The number of carboxylic acids is 2. The average molecular weight is 335 g/mol. The van der Waals surface area contributed by atoms with E-state index in [1.165, 1.54) is 27.7 Å². The van der Waals surface area contributed by atoms with Gasteiger partial charge in [0.1, 0.15) is 11.1 Å². The summed E-state index contributed by atoms with van der Waals surface area (Å²) in [6.07, 6.45) is -5.79. The van der Waals surface area contributed by atoms with Crippen LogP contribution in [0.3, 0.4) is 0 Å². The highest BCUT2D eigenvalue weighted by molar-refractivity contribution is 6.00. The lowest BCUT2D eigenvalue weighted by atomic mass is 9.98. The second-order valence-electron chi connectivity index (χ2n) is 5.35. The van der Waals surface area contributed by atoms with Crippen LogP contribution < -0.4 is 4.74 Å². The molecule has 2 N–H and O–H groups in total. The lowest BCUT2D eigenvalue weighted by Crippen LogP contribution is -2.24. The van der Waals surface area contributed by atoms with E-state index in [9.17, 15) is 27.9 Å². The molecule has 0 aliphatic rings. The number of halogens is 3. The highest BCUT2D eigenvalue weighted by Crippen LogP contribution is 2.39. The van der Waals surface area contributed by atoms with E-state index in [0.29, 0.717) is 0 Å². The maximum Gasteiger partial charge on any atom is 0.434 e. The summed E-state index contributed by atoms with van der Waals surface area (Å²) in [4.78, 5) is 26.1. The third-order valence-electron chi connectivity index (χ3n) is 2.78. The molecule has 0 aliphatic heterocycles. The van der Waals surface area contributed by atoms with Crippen LogP contribution in [0.25, 0.3) is 0 Å². The Morgan fingerprint density at radius 1 is 1.04 bits per heavy atom. The molecule has 1 rings (SSSR count). The predicted molar refractivity (Wildman–Crippen MR) is 73.0 cm³/mol. The van der Waals surface area contributed by atoms with E-state index in [2.05, 4.69) is 4.98 Å². The van der Waals surface area contributed by atoms with Gasteiger partial charge in [0.25, 0.3) is 0 Å². The molecular formula is C14H16F3NO5. The number of alkyl halides is 3. The van der Waals surface area contributed by atoms with E-state index in [-0.39, 0.29) is 5.69 Å². The van der Waals surface area contributed by atoms with Crippen molar-refractivity contribution >= 4 is 11.9 Å². The van der Waals surface area contributed by atoms with Gasteiger partial charge in [-0.2, -0.15) is 13.2 Å². The fourth-order valence-electron chi connectivity index (χ4n) is 1.96. The minimum Gasteiger partial charge on any atom is -0.489 e. The lowest BCUT2D eigenvalue weighted by molar-refractivity contribution is -0.142. The topological polar surface area (TPSA) is 96.7 Å². The van der Waals surface area contributed by atoms with E-state index >= 15 is 0 Å². The molecule has 0 unspecified atom stereocenters. The molecule has 1 aromatic rings. The minimum absolute atomic E-state index is 0.384. The summed E-state index contributed by atoms with van der Waals surface area (Å²) in [6.45, 7) is 5.79. The van der Waals surface area contributed by atoms with Gasteiger partial charge in [0.05, 0.1) is 11.8 Å². The van der Waals surface area contributed by atoms with Gasteiger partial charge in [-0.05, 0) is 19.8 Å².